The van der Waals surface area contributed by atoms with Gasteiger partial charge in [0, 0.05) is 60.8 Å². The van der Waals surface area contributed by atoms with Gasteiger partial charge in [0.05, 0.1) is 17.7 Å². The predicted molar refractivity (Wildman–Crippen MR) is 197 cm³/mol. The fourth-order valence-corrected chi connectivity index (χ4v) is 8.04. The predicted octanol–water partition coefficient (Wildman–Crippen LogP) is 5.99. The molecule has 54 heavy (non-hydrogen) atoms. The normalized spacial score (nSPS) is 18.9. The molecule has 0 spiro atoms. The minimum Gasteiger partial charge on any atom is -0.494 e. The van der Waals surface area contributed by atoms with E-state index in [2.05, 4.69) is 10.6 Å². The molecule has 0 aliphatic carbocycles. The summed E-state index contributed by atoms with van der Waals surface area (Å²) in [6.45, 7) is 0.629. The molecule has 280 valence electrons. The molecule has 0 radical (unpaired) electrons. The number of carbonyl (C=O) groups is 4. The molecule has 7 rings (SSSR count). The number of nitrogens with zero attached hydrogens (tertiary/aromatic N) is 1. The van der Waals surface area contributed by atoms with Crippen molar-refractivity contribution in [1.29, 1.82) is 0 Å². The maximum atomic E-state index is 16.3. The van der Waals surface area contributed by atoms with E-state index in [9.17, 15) is 19.2 Å². The van der Waals surface area contributed by atoms with Gasteiger partial charge in [-0.05, 0) is 60.6 Å². The first kappa shape index (κ1) is 37.0. The van der Waals surface area contributed by atoms with Gasteiger partial charge in [-0.3, -0.25) is 24.5 Å². The number of rotatable bonds is 12. The lowest BCUT2D eigenvalue weighted by Gasteiger charge is -2.29. The molecule has 2 unspecified atom stereocenters. The molecule has 0 aromatic heterocycles. The number of fused-ring (bicyclic) bond motifs is 2. The summed E-state index contributed by atoms with van der Waals surface area (Å²) in [5.74, 6) is -3.25. The Labute approximate surface area is 315 Å². The second-order valence-electron chi connectivity index (χ2n) is 13.8. The fourth-order valence-electron chi connectivity index (χ4n) is 7.78. The summed E-state index contributed by atoms with van der Waals surface area (Å²) < 4.78 is 43.3. The van der Waals surface area contributed by atoms with Crippen LogP contribution in [0.25, 0.3) is 11.1 Å². The standard InChI is InChI=1S/C41H39ClF2N4O6/c1-53-31-16-14-26(35(37(31)44)34-27-20-41(22-45,24-11-5-2-6-12-24)54-32(27)19-29(43)36(34)42)38(50)46-18-7-3-4-9-23-10-8-13-25-28(23)21-48(40(25)52)30-15-17-33(49)47-39(30)51/h2,5-6,8,10-14,16,19,30H,3-4,7,9,15,17-18,20-22,45H2,1H3,(H,46,50)(H,47,49,51). The first-order chi connectivity index (χ1) is 26.1. The van der Waals surface area contributed by atoms with Crippen LogP contribution in [0.1, 0.15) is 75.1 Å². The van der Waals surface area contributed by atoms with Gasteiger partial charge in [0.25, 0.3) is 11.8 Å². The van der Waals surface area contributed by atoms with Gasteiger partial charge in [-0.25, -0.2) is 8.78 Å². The van der Waals surface area contributed by atoms with E-state index in [0.29, 0.717) is 36.9 Å². The molecule has 10 nitrogen and oxygen atoms in total. The van der Waals surface area contributed by atoms with Crippen LogP contribution in [0.2, 0.25) is 5.02 Å². The van der Waals surface area contributed by atoms with Crippen LogP contribution < -0.4 is 25.8 Å². The highest BCUT2D eigenvalue weighted by Crippen LogP contribution is 2.50. The van der Waals surface area contributed by atoms with Crippen molar-refractivity contribution in [3.63, 3.8) is 0 Å². The summed E-state index contributed by atoms with van der Waals surface area (Å²) in [7, 11) is 1.30. The van der Waals surface area contributed by atoms with E-state index >= 15 is 8.78 Å². The molecule has 4 N–H and O–H groups in total. The molecule has 3 aliphatic heterocycles. The third kappa shape index (κ3) is 6.68. The van der Waals surface area contributed by atoms with Crippen molar-refractivity contribution >= 4 is 35.2 Å². The van der Waals surface area contributed by atoms with E-state index in [0.717, 1.165) is 35.6 Å². The molecule has 4 aromatic rings. The Bertz CT molecular complexity index is 2170. The Morgan fingerprint density at radius 1 is 1.04 bits per heavy atom. The van der Waals surface area contributed by atoms with Crippen molar-refractivity contribution in [3.8, 4) is 22.6 Å². The maximum Gasteiger partial charge on any atom is 0.255 e. The first-order valence-corrected chi connectivity index (χ1v) is 18.3. The molecule has 1 fully saturated rings. The van der Waals surface area contributed by atoms with Crippen molar-refractivity contribution in [2.24, 2.45) is 5.73 Å². The topological polar surface area (TPSA) is 140 Å². The first-order valence-electron chi connectivity index (χ1n) is 17.9. The van der Waals surface area contributed by atoms with Gasteiger partial charge in [-0.2, -0.15) is 0 Å². The van der Waals surface area contributed by atoms with E-state index in [1.54, 1.807) is 6.07 Å². The van der Waals surface area contributed by atoms with Crippen LogP contribution >= 0.6 is 11.6 Å². The van der Waals surface area contributed by atoms with Crippen LogP contribution in [-0.2, 0) is 34.6 Å². The maximum absolute atomic E-state index is 16.3. The summed E-state index contributed by atoms with van der Waals surface area (Å²) in [5.41, 5.74) is 8.59. The molecule has 1 saturated heterocycles. The fraction of sp³-hybridized carbons (Fsp3) is 0.317. The Hall–Kier alpha value is -5.33. The lowest BCUT2D eigenvalue weighted by molar-refractivity contribution is -0.136. The number of methoxy groups -OCH3 is 1. The third-order valence-corrected chi connectivity index (χ3v) is 11.0. The second kappa shape index (κ2) is 15.2. The van der Waals surface area contributed by atoms with Crippen LogP contribution in [0.5, 0.6) is 11.5 Å². The summed E-state index contributed by atoms with van der Waals surface area (Å²) >= 11 is 6.60. The molecule has 13 heteroatoms. The smallest absolute Gasteiger partial charge is 0.255 e. The number of carbonyl (C=O) groups excluding carboxylic acids is 4. The zero-order valence-electron chi connectivity index (χ0n) is 29.6. The highest BCUT2D eigenvalue weighted by molar-refractivity contribution is 6.34. The minimum atomic E-state index is -1.06. The van der Waals surface area contributed by atoms with E-state index in [4.69, 9.17) is 26.8 Å². The number of benzene rings is 4. The number of aryl methyl sites for hydroxylation is 1. The number of unbranched alkanes of at least 4 members (excludes halogenated alkanes) is 2. The molecule has 4 amide bonds. The van der Waals surface area contributed by atoms with Crippen molar-refractivity contribution in [2.45, 2.75) is 63.1 Å². The molecule has 0 saturated carbocycles. The van der Waals surface area contributed by atoms with Crippen LogP contribution in [0.15, 0.2) is 66.7 Å². The zero-order valence-corrected chi connectivity index (χ0v) is 30.4. The van der Waals surface area contributed by atoms with Crippen molar-refractivity contribution in [1.82, 2.24) is 15.5 Å². The van der Waals surface area contributed by atoms with E-state index in [1.165, 1.54) is 24.1 Å². The second-order valence-corrected chi connectivity index (χ2v) is 14.2. The highest BCUT2D eigenvalue weighted by atomic mass is 35.5. The Kier molecular flexibility index (Phi) is 10.4. The summed E-state index contributed by atoms with van der Waals surface area (Å²) in [5, 5.41) is 4.85. The molecule has 0 bridgehead atoms. The summed E-state index contributed by atoms with van der Waals surface area (Å²) in [6.07, 6.45) is 3.43. The number of nitrogens with two attached hydrogens (primary N) is 1. The van der Waals surface area contributed by atoms with Crippen molar-refractivity contribution in [2.75, 3.05) is 20.2 Å². The van der Waals surface area contributed by atoms with Gasteiger partial charge in [-0.15, -0.1) is 0 Å². The third-order valence-electron chi connectivity index (χ3n) is 10.6. The lowest BCUT2D eigenvalue weighted by Crippen LogP contribution is -2.52. The van der Waals surface area contributed by atoms with Crippen LogP contribution in [0, 0.1) is 11.6 Å². The highest BCUT2D eigenvalue weighted by Gasteiger charge is 2.44. The summed E-state index contributed by atoms with van der Waals surface area (Å²) in [6, 6.07) is 18.1. The Morgan fingerprint density at radius 2 is 1.83 bits per heavy atom. The van der Waals surface area contributed by atoms with Gasteiger partial charge < -0.3 is 25.4 Å². The zero-order chi connectivity index (χ0) is 38.1. The molecule has 2 atom stereocenters. The SMILES string of the molecule is COc1ccc(C(=O)NCCCCCc2cccc3c2CN(C2CCC(=O)NC2=O)C3=O)c(-c2c(Cl)c(F)cc3c2CC(CN)(c2ccccc2)O3)c1F. The Morgan fingerprint density at radius 3 is 2.57 bits per heavy atom. The molecule has 4 aromatic carbocycles. The average molecular weight is 757 g/mol. The number of imide groups is 1. The largest absolute Gasteiger partial charge is 0.494 e. The van der Waals surface area contributed by atoms with E-state index in [-0.39, 0.29) is 71.0 Å². The van der Waals surface area contributed by atoms with Crippen LogP contribution in [-0.4, -0.2) is 54.8 Å². The molecular weight excluding hydrogens is 718 g/mol. The molecule has 3 heterocycles. The van der Waals surface area contributed by atoms with Crippen LogP contribution in [0.3, 0.4) is 0 Å². The van der Waals surface area contributed by atoms with Gasteiger partial charge in [0.15, 0.2) is 17.2 Å². The molecule has 3 aliphatic rings. The number of hydrogen-bond donors (Lipinski definition) is 3. The quantitative estimate of drug-likeness (QED) is 0.119. The van der Waals surface area contributed by atoms with E-state index < -0.39 is 35.1 Å². The van der Waals surface area contributed by atoms with Gasteiger partial charge in [-0.1, -0.05) is 60.5 Å². The van der Waals surface area contributed by atoms with E-state index in [1.807, 2.05) is 42.5 Å². The van der Waals surface area contributed by atoms with Crippen molar-refractivity contribution in [3.05, 3.63) is 117 Å². The summed E-state index contributed by atoms with van der Waals surface area (Å²) in [4.78, 5) is 52.5. The minimum absolute atomic E-state index is 0.00418. The van der Waals surface area contributed by atoms with Crippen molar-refractivity contribution < 1.29 is 37.4 Å². The monoisotopic (exact) mass is 756 g/mol. The number of nitrogens with one attached hydrogen (secondary N) is 2. The number of ether oxygens (including phenoxy) is 2. The van der Waals surface area contributed by atoms with Crippen LogP contribution in [0.4, 0.5) is 8.78 Å². The number of hydrogen-bond acceptors (Lipinski definition) is 7. The van der Waals surface area contributed by atoms with Gasteiger partial charge >= 0.3 is 0 Å². The van der Waals surface area contributed by atoms with Gasteiger partial charge in [0.2, 0.25) is 11.8 Å². The number of piperidine rings is 1. The lowest BCUT2D eigenvalue weighted by atomic mass is 9.85. The Balaban J connectivity index is 1.04. The molecular formula is C41H39ClF2N4O6. The number of halogens is 3. The number of amides is 4. The average Bonchev–Trinajstić information content (AvgIpc) is 3.72. The van der Waals surface area contributed by atoms with Gasteiger partial charge in [0.1, 0.15) is 17.6 Å².